The molecule has 1 saturated carbocycles. The van der Waals surface area contributed by atoms with Gasteiger partial charge in [0.1, 0.15) is 4.88 Å². The first-order valence-electron chi connectivity index (χ1n) is 7.22. The number of hydrogen-bond acceptors (Lipinski definition) is 3. The molecule has 0 radical (unpaired) electrons. The van der Waals surface area contributed by atoms with Crippen LogP contribution < -0.4 is 11.1 Å². The van der Waals surface area contributed by atoms with Crippen molar-refractivity contribution in [3.8, 4) is 0 Å². The predicted octanol–water partition coefficient (Wildman–Crippen LogP) is 3.71. The first kappa shape index (κ1) is 13.4. The van der Waals surface area contributed by atoms with Crippen LogP contribution in [0.25, 0.3) is 10.1 Å². The molecule has 0 spiro atoms. The van der Waals surface area contributed by atoms with Crippen LogP contribution in [0.15, 0.2) is 18.2 Å². The van der Waals surface area contributed by atoms with E-state index in [1.165, 1.54) is 36.2 Å². The quantitative estimate of drug-likeness (QED) is 0.901. The van der Waals surface area contributed by atoms with Gasteiger partial charge in [-0.05, 0) is 31.4 Å². The van der Waals surface area contributed by atoms with Crippen LogP contribution in [0.4, 0.5) is 5.69 Å². The molecule has 1 fully saturated rings. The van der Waals surface area contributed by atoms with E-state index in [9.17, 15) is 4.79 Å². The number of nitrogen functional groups attached to an aromatic ring is 1. The van der Waals surface area contributed by atoms with Gasteiger partial charge in [0.2, 0.25) is 0 Å². The SMILES string of the molecule is Cc1ccc2sc(C(=O)NCCC3CCC3)c(N)c2c1. The third kappa shape index (κ3) is 2.52. The van der Waals surface area contributed by atoms with Gasteiger partial charge in [0.05, 0.1) is 5.69 Å². The van der Waals surface area contributed by atoms with Crippen LogP contribution in [-0.4, -0.2) is 12.5 Å². The summed E-state index contributed by atoms with van der Waals surface area (Å²) >= 11 is 1.48. The van der Waals surface area contributed by atoms with Crippen molar-refractivity contribution in [2.75, 3.05) is 12.3 Å². The van der Waals surface area contributed by atoms with E-state index in [0.717, 1.165) is 29.0 Å². The molecule has 1 heterocycles. The summed E-state index contributed by atoms with van der Waals surface area (Å²) in [7, 11) is 0. The van der Waals surface area contributed by atoms with Gasteiger partial charge in [-0.2, -0.15) is 0 Å². The van der Waals surface area contributed by atoms with Crippen molar-refractivity contribution in [2.45, 2.75) is 32.6 Å². The highest BCUT2D eigenvalue weighted by Gasteiger charge is 2.19. The molecule has 106 valence electrons. The van der Waals surface area contributed by atoms with Gasteiger partial charge in [0, 0.05) is 16.6 Å². The summed E-state index contributed by atoms with van der Waals surface area (Å²) in [5.74, 6) is 0.790. The molecule has 0 saturated heterocycles. The van der Waals surface area contributed by atoms with Crippen molar-refractivity contribution in [2.24, 2.45) is 5.92 Å². The molecular weight excluding hydrogens is 268 g/mol. The second-order valence-corrected chi connectivity index (χ2v) is 6.74. The van der Waals surface area contributed by atoms with Gasteiger partial charge in [0.15, 0.2) is 0 Å². The number of nitrogens with one attached hydrogen (secondary N) is 1. The number of benzene rings is 1. The maximum atomic E-state index is 12.2. The lowest BCUT2D eigenvalue weighted by molar-refractivity contribution is 0.0954. The fourth-order valence-corrected chi connectivity index (χ4v) is 3.67. The molecule has 1 aliphatic rings. The number of thiophene rings is 1. The highest BCUT2D eigenvalue weighted by Crippen LogP contribution is 2.34. The van der Waals surface area contributed by atoms with E-state index >= 15 is 0 Å². The maximum Gasteiger partial charge on any atom is 0.263 e. The van der Waals surface area contributed by atoms with Gasteiger partial charge in [-0.15, -0.1) is 11.3 Å². The third-order valence-corrected chi connectivity index (χ3v) is 5.34. The zero-order valence-electron chi connectivity index (χ0n) is 11.7. The number of hydrogen-bond donors (Lipinski definition) is 2. The van der Waals surface area contributed by atoms with E-state index in [-0.39, 0.29) is 5.91 Å². The van der Waals surface area contributed by atoms with Gasteiger partial charge in [-0.25, -0.2) is 0 Å². The van der Waals surface area contributed by atoms with Crippen LogP contribution in [0.1, 0.15) is 40.9 Å². The molecule has 0 aliphatic heterocycles. The summed E-state index contributed by atoms with van der Waals surface area (Å²) in [5.41, 5.74) is 7.91. The molecule has 1 amide bonds. The number of aryl methyl sites for hydroxylation is 1. The summed E-state index contributed by atoms with van der Waals surface area (Å²) in [6, 6.07) is 6.14. The number of fused-ring (bicyclic) bond motifs is 1. The average molecular weight is 288 g/mol. The predicted molar refractivity (Wildman–Crippen MR) is 85.3 cm³/mol. The van der Waals surface area contributed by atoms with E-state index in [1.807, 2.05) is 19.1 Å². The zero-order valence-corrected chi connectivity index (χ0v) is 12.6. The summed E-state index contributed by atoms with van der Waals surface area (Å²) < 4.78 is 1.08. The Morgan fingerprint density at radius 3 is 2.95 bits per heavy atom. The van der Waals surface area contributed by atoms with Crippen molar-refractivity contribution < 1.29 is 4.79 Å². The van der Waals surface area contributed by atoms with Crippen molar-refractivity contribution >= 4 is 33.0 Å². The lowest BCUT2D eigenvalue weighted by Crippen LogP contribution is -2.27. The van der Waals surface area contributed by atoms with Gasteiger partial charge < -0.3 is 11.1 Å². The maximum absolute atomic E-state index is 12.2. The number of anilines is 1. The highest BCUT2D eigenvalue weighted by atomic mass is 32.1. The van der Waals surface area contributed by atoms with Gasteiger partial charge >= 0.3 is 0 Å². The minimum atomic E-state index is -0.0272. The molecule has 3 rings (SSSR count). The molecule has 1 aliphatic carbocycles. The van der Waals surface area contributed by atoms with E-state index in [0.29, 0.717) is 10.6 Å². The normalized spacial score (nSPS) is 15.2. The van der Waals surface area contributed by atoms with E-state index in [2.05, 4.69) is 11.4 Å². The number of amides is 1. The van der Waals surface area contributed by atoms with Gasteiger partial charge in [-0.3, -0.25) is 4.79 Å². The lowest BCUT2D eigenvalue weighted by Gasteiger charge is -2.25. The standard InChI is InChI=1S/C16H20N2OS/c1-10-5-6-13-12(9-10)14(17)15(20-13)16(19)18-8-7-11-3-2-4-11/h5-6,9,11H,2-4,7-8,17H2,1H3,(H,18,19). The van der Waals surface area contributed by atoms with Crippen molar-refractivity contribution in [3.05, 3.63) is 28.6 Å². The van der Waals surface area contributed by atoms with Crippen LogP contribution in [0.5, 0.6) is 0 Å². The Balaban J connectivity index is 1.71. The molecule has 20 heavy (non-hydrogen) atoms. The van der Waals surface area contributed by atoms with E-state index in [4.69, 9.17) is 5.73 Å². The number of carbonyl (C=O) groups excluding carboxylic acids is 1. The first-order chi connectivity index (χ1) is 9.65. The molecule has 3 N–H and O–H groups in total. The zero-order chi connectivity index (χ0) is 14.1. The molecular formula is C16H20N2OS. The van der Waals surface area contributed by atoms with Crippen molar-refractivity contribution in [1.82, 2.24) is 5.32 Å². The Bertz CT molecular complexity index is 643. The van der Waals surface area contributed by atoms with Crippen LogP contribution in [0, 0.1) is 12.8 Å². The minimum absolute atomic E-state index is 0.0272. The number of carbonyl (C=O) groups is 1. The highest BCUT2D eigenvalue weighted by molar-refractivity contribution is 7.21. The summed E-state index contributed by atoms with van der Waals surface area (Å²) in [6.45, 7) is 2.80. The molecule has 0 unspecified atom stereocenters. The summed E-state index contributed by atoms with van der Waals surface area (Å²) in [4.78, 5) is 12.9. The monoisotopic (exact) mass is 288 g/mol. The minimum Gasteiger partial charge on any atom is -0.397 e. The van der Waals surface area contributed by atoms with E-state index in [1.54, 1.807) is 0 Å². The Morgan fingerprint density at radius 2 is 2.25 bits per heavy atom. The average Bonchev–Trinajstić information content (AvgIpc) is 2.70. The van der Waals surface area contributed by atoms with Crippen LogP contribution in [0.3, 0.4) is 0 Å². The van der Waals surface area contributed by atoms with Gasteiger partial charge in [0.25, 0.3) is 5.91 Å². The third-order valence-electron chi connectivity index (χ3n) is 4.15. The molecule has 0 bridgehead atoms. The summed E-state index contributed by atoms with van der Waals surface area (Å²) in [5, 5.41) is 4.01. The number of nitrogens with two attached hydrogens (primary N) is 1. The fraction of sp³-hybridized carbons (Fsp3) is 0.438. The van der Waals surface area contributed by atoms with Crippen molar-refractivity contribution in [1.29, 1.82) is 0 Å². The van der Waals surface area contributed by atoms with Crippen molar-refractivity contribution in [3.63, 3.8) is 0 Å². The largest absolute Gasteiger partial charge is 0.397 e. The fourth-order valence-electron chi connectivity index (χ4n) is 2.65. The first-order valence-corrected chi connectivity index (χ1v) is 8.03. The smallest absolute Gasteiger partial charge is 0.263 e. The summed E-state index contributed by atoms with van der Waals surface area (Å²) in [6.07, 6.45) is 5.08. The number of rotatable bonds is 4. The van der Waals surface area contributed by atoms with Crippen LogP contribution in [0.2, 0.25) is 0 Å². The molecule has 4 heteroatoms. The second-order valence-electron chi connectivity index (χ2n) is 5.69. The molecule has 1 aromatic carbocycles. The Kier molecular flexibility index (Phi) is 3.66. The Morgan fingerprint density at radius 1 is 1.45 bits per heavy atom. The lowest BCUT2D eigenvalue weighted by atomic mass is 9.83. The topological polar surface area (TPSA) is 55.1 Å². The molecule has 3 nitrogen and oxygen atoms in total. The van der Waals surface area contributed by atoms with Gasteiger partial charge in [-0.1, -0.05) is 30.9 Å². The molecule has 0 atom stereocenters. The van der Waals surface area contributed by atoms with E-state index < -0.39 is 0 Å². The molecule has 1 aromatic heterocycles. The van der Waals surface area contributed by atoms with Crippen LogP contribution >= 0.6 is 11.3 Å². The Hall–Kier alpha value is -1.55. The molecule has 2 aromatic rings. The second kappa shape index (κ2) is 5.44. The Labute approximate surface area is 123 Å². The van der Waals surface area contributed by atoms with Crippen LogP contribution in [-0.2, 0) is 0 Å².